The highest BCUT2D eigenvalue weighted by atomic mass is 19.1. The molecule has 0 amide bonds. The molecule has 0 bridgehead atoms. The van der Waals surface area contributed by atoms with E-state index in [1.54, 1.807) is 6.07 Å². The van der Waals surface area contributed by atoms with Crippen LogP contribution in [0, 0.1) is 5.82 Å². The maximum atomic E-state index is 13.9. The zero-order valence-corrected chi connectivity index (χ0v) is 13.6. The summed E-state index contributed by atoms with van der Waals surface area (Å²) in [5.41, 5.74) is 2.63. The molecule has 3 aromatic rings. The molecule has 2 aromatic carbocycles. The summed E-state index contributed by atoms with van der Waals surface area (Å²) < 4.78 is 19.3. The molecule has 4 rings (SSSR count). The van der Waals surface area contributed by atoms with Gasteiger partial charge in [-0.1, -0.05) is 11.5 Å². The number of nitrogens with zero attached hydrogens (tertiary/aromatic N) is 3. The Morgan fingerprint density at radius 1 is 1.08 bits per heavy atom. The van der Waals surface area contributed by atoms with Crippen molar-refractivity contribution in [3.8, 4) is 0 Å². The predicted molar refractivity (Wildman–Crippen MR) is 97.6 cm³/mol. The summed E-state index contributed by atoms with van der Waals surface area (Å²) >= 11 is 0. The smallest absolute Gasteiger partial charge is 0.227 e. The molecule has 124 valence electrons. The summed E-state index contributed by atoms with van der Waals surface area (Å²) in [6.45, 7) is 3.31. The van der Waals surface area contributed by atoms with E-state index in [4.69, 9.17) is 12.6 Å². The second-order valence-corrected chi connectivity index (χ2v) is 5.87. The molecule has 1 N–H and O–H groups in total. The largest absolute Gasteiger partial charge is 0.378 e. The van der Waals surface area contributed by atoms with Crippen molar-refractivity contribution in [2.75, 3.05) is 36.5 Å². The fourth-order valence-corrected chi connectivity index (χ4v) is 2.86. The van der Waals surface area contributed by atoms with Gasteiger partial charge in [-0.25, -0.2) is 14.4 Å². The van der Waals surface area contributed by atoms with Gasteiger partial charge in [0.2, 0.25) is 5.95 Å². The lowest BCUT2D eigenvalue weighted by atomic mass is 9.94. The van der Waals surface area contributed by atoms with Crippen molar-refractivity contribution >= 4 is 41.5 Å². The Morgan fingerprint density at radius 3 is 2.60 bits per heavy atom. The summed E-state index contributed by atoms with van der Waals surface area (Å²) in [7, 11) is 5.57. The molecule has 5 nitrogen and oxygen atoms in total. The van der Waals surface area contributed by atoms with Gasteiger partial charge in [-0.15, -0.1) is 0 Å². The Labute approximate surface area is 146 Å². The molecule has 1 fully saturated rings. The van der Waals surface area contributed by atoms with Gasteiger partial charge in [0.1, 0.15) is 13.7 Å². The van der Waals surface area contributed by atoms with E-state index in [1.807, 2.05) is 12.1 Å². The van der Waals surface area contributed by atoms with Crippen molar-refractivity contribution in [2.45, 2.75) is 0 Å². The van der Waals surface area contributed by atoms with Gasteiger partial charge in [0.25, 0.3) is 0 Å². The standard InChI is InChI=1S/C18H16BFN4O/c19-15-5-6-16-14(17(15)20)11-21-18(23-16)22-12-1-3-13(4-2-12)24-7-9-25-10-8-24/h1-6,11H,7-10H2,(H,21,22,23). The summed E-state index contributed by atoms with van der Waals surface area (Å²) in [5.74, 6) is -0.0743. The summed E-state index contributed by atoms with van der Waals surface area (Å²) in [6.07, 6.45) is 1.44. The quantitative estimate of drug-likeness (QED) is 0.744. The van der Waals surface area contributed by atoms with Crippen LogP contribution in [0.2, 0.25) is 0 Å². The number of rotatable bonds is 3. The summed E-state index contributed by atoms with van der Waals surface area (Å²) in [5, 5.41) is 3.45. The van der Waals surface area contributed by atoms with Crippen molar-refractivity contribution in [3.63, 3.8) is 0 Å². The number of anilines is 3. The molecule has 1 aliphatic heterocycles. The molecular formula is C18H16BFN4O. The van der Waals surface area contributed by atoms with Crippen LogP contribution in [0.25, 0.3) is 10.9 Å². The first-order valence-electron chi connectivity index (χ1n) is 8.11. The minimum absolute atomic E-state index is 0.0931. The van der Waals surface area contributed by atoms with Crippen LogP contribution in [0.1, 0.15) is 0 Å². The van der Waals surface area contributed by atoms with E-state index in [0.29, 0.717) is 16.9 Å². The van der Waals surface area contributed by atoms with E-state index >= 15 is 0 Å². The van der Waals surface area contributed by atoms with Crippen LogP contribution in [0.4, 0.5) is 21.7 Å². The van der Waals surface area contributed by atoms with Gasteiger partial charge in [0.05, 0.1) is 24.1 Å². The first-order chi connectivity index (χ1) is 12.2. The van der Waals surface area contributed by atoms with E-state index in [9.17, 15) is 4.39 Å². The molecule has 2 radical (unpaired) electrons. The van der Waals surface area contributed by atoms with Gasteiger partial charge in [-0.05, 0) is 30.3 Å². The molecule has 1 aromatic heterocycles. The summed E-state index contributed by atoms with van der Waals surface area (Å²) in [6, 6.07) is 11.2. The second-order valence-electron chi connectivity index (χ2n) is 5.87. The van der Waals surface area contributed by atoms with Gasteiger partial charge in [-0.2, -0.15) is 0 Å². The Bertz CT molecular complexity index is 897. The lowest BCUT2D eigenvalue weighted by Crippen LogP contribution is -2.36. The monoisotopic (exact) mass is 334 g/mol. The highest BCUT2D eigenvalue weighted by molar-refractivity contribution is 6.33. The number of aromatic nitrogens is 2. The molecular weight excluding hydrogens is 318 g/mol. The topological polar surface area (TPSA) is 50.3 Å². The fraction of sp³-hybridized carbons (Fsp3) is 0.222. The van der Waals surface area contributed by atoms with Crippen LogP contribution >= 0.6 is 0 Å². The Hall–Kier alpha value is -2.67. The summed E-state index contributed by atoms with van der Waals surface area (Å²) in [4.78, 5) is 10.8. The van der Waals surface area contributed by atoms with E-state index in [0.717, 1.165) is 37.7 Å². The number of hydrogen-bond acceptors (Lipinski definition) is 5. The molecule has 1 aliphatic rings. The van der Waals surface area contributed by atoms with Crippen molar-refractivity contribution in [2.24, 2.45) is 0 Å². The second kappa shape index (κ2) is 6.68. The predicted octanol–water partition coefficient (Wildman–Crippen LogP) is 2.14. The molecule has 0 atom stereocenters. The van der Waals surface area contributed by atoms with Crippen molar-refractivity contribution < 1.29 is 9.13 Å². The molecule has 0 aliphatic carbocycles. The van der Waals surface area contributed by atoms with E-state index in [1.165, 1.54) is 12.3 Å². The fourth-order valence-electron chi connectivity index (χ4n) is 2.86. The molecule has 7 heteroatoms. The highest BCUT2D eigenvalue weighted by Crippen LogP contribution is 2.22. The molecule has 2 heterocycles. The van der Waals surface area contributed by atoms with Crippen LogP contribution in [-0.4, -0.2) is 44.1 Å². The third-order valence-corrected chi connectivity index (χ3v) is 4.23. The van der Waals surface area contributed by atoms with Crippen LogP contribution in [-0.2, 0) is 4.74 Å². The Kier molecular flexibility index (Phi) is 4.23. The highest BCUT2D eigenvalue weighted by Gasteiger charge is 2.11. The van der Waals surface area contributed by atoms with Crippen molar-refractivity contribution in [3.05, 3.63) is 48.4 Å². The van der Waals surface area contributed by atoms with Gasteiger partial charge in [0, 0.05) is 30.7 Å². The van der Waals surface area contributed by atoms with E-state index in [2.05, 4.69) is 32.3 Å². The maximum Gasteiger partial charge on any atom is 0.227 e. The third kappa shape index (κ3) is 3.28. The van der Waals surface area contributed by atoms with Crippen LogP contribution < -0.4 is 15.7 Å². The van der Waals surface area contributed by atoms with Crippen LogP contribution in [0.3, 0.4) is 0 Å². The lowest BCUT2D eigenvalue weighted by Gasteiger charge is -2.28. The van der Waals surface area contributed by atoms with Gasteiger partial charge in [0.15, 0.2) is 0 Å². The molecule has 0 spiro atoms. The van der Waals surface area contributed by atoms with Crippen molar-refractivity contribution in [1.29, 1.82) is 0 Å². The minimum atomic E-state index is -0.487. The average Bonchev–Trinajstić information content (AvgIpc) is 2.66. The van der Waals surface area contributed by atoms with Gasteiger partial charge >= 0.3 is 0 Å². The maximum absolute atomic E-state index is 13.9. The van der Waals surface area contributed by atoms with Crippen LogP contribution in [0.15, 0.2) is 42.6 Å². The number of halogens is 1. The minimum Gasteiger partial charge on any atom is -0.378 e. The van der Waals surface area contributed by atoms with E-state index in [-0.39, 0.29) is 5.46 Å². The SMILES string of the molecule is [B]c1ccc2nc(Nc3ccc(N4CCOCC4)cc3)ncc2c1F. The van der Waals surface area contributed by atoms with Crippen molar-refractivity contribution in [1.82, 2.24) is 9.97 Å². The number of ether oxygens (including phenoxy) is 1. The third-order valence-electron chi connectivity index (χ3n) is 4.23. The average molecular weight is 334 g/mol. The van der Waals surface area contributed by atoms with Crippen LogP contribution in [0.5, 0.6) is 0 Å². The van der Waals surface area contributed by atoms with Gasteiger partial charge < -0.3 is 15.0 Å². The number of nitrogens with one attached hydrogen (secondary N) is 1. The molecule has 0 unspecified atom stereocenters. The zero-order chi connectivity index (χ0) is 17.2. The number of morpholine rings is 1. The lowest BCUT2D eigenvalue weighted by molar-refractivity contribution is 0.122. The molecule has 1 saturated heterocycles. The zero-order valence-electron chi connectivity index (χ0n) is 13.6. The molecule has 0 saturated carbocycles. The van der Waals surface area contributed by atoms with E-state index < -0.39 is 5.82 Å². The number of fused-ring (bicyclic) bond motifs is 1. The Balaban J connectivity index is 1.53. The Morgan fingerprint density at radius 2 is 1.84 bits per heavy atom. The molecule has 25 heavy (non-hydrogen) atoms. The van der Waals surface area contributed by atoms with Gasteiger partial charge in [-0.3, -0.25) is 0 Å². The first-order valence-corrected chi connectivity index (χ1v) is 8.11. The normalized spacial score (nSPS) is 14.7. The number of benzene rings is 2. The number of hydrogen-bond donors (Lipinski definition) is 1. The first kappa shape index (κ1) is 15.8.